The number of hydrogen-bond donors (Lipinski definition) is 1. The number of nitrogens with one attached hydrogen (secondary N) is 1. The molecule has 5 heteroatoms. The molecule has 0 saturated heterocycles. The van der Waals surface area contributed by atoms with E-state index in [1.54, 1.807) is 17.9 Å². The Morgan fingerprint density at radius 1 is 0.968 bits per heavy atom. The zero-order chi connectivity index (χ0) is 23.0. The summed E-state index contributed by atoms with van der Waals surface area (Å²) in [5.41, 5.74) is 3.24. The molecule has 2 aromatic carbocycles. The lowest BCUT2D eigenvalue weighted by Gasteiger charge is -2.29. The van der Waals surface area contributed by atoms with Gasteiger partial charge in [0.2, 0.25) is 11.8 Å². The van der Waals surface area contributed by atoms with E-state index in [2.05, 4.69) is 43.4 Å². The van der Waals surface area contributed by atoms with Crippen molar-refractivity contribution in [1.29, 1.82) is 0 Å². The average molecular weight is 443 g/mol. The van der Waals surface area contributed by atoms with E-state index in [0.29, 0.717) is 42.8 Å². The first-order chi connectivity index (χ1) is 14.7. The maximum absolute atomic E-state index is 13.2. The first-order valence-corrected chi connectivity index (χ1v) is 11.5. The van der Waals surface area contributed by atoms with Crippen LogP contribution in [0.25, 0.3) is 0 Å². The average Bonchev–Trinajstić information content (AvgIpc) is 2.75. The number of rotatable bonds is 10. The molecule has 0 aromatic heterocycles. The molecule has 2 aromatic rings. The second kappa shape index (κ2) is 11.9. The van der Waals surface area contributed by atoms with Crippen molar-refractivity contribution < 1.29 is 9.59 Å². The lowest BCUT2D eigenvalue weighted by Crippen LogP contribution is -2.48. The Morgan fingerprint density at radius 3 is 2.19 bits per heavy atom. The molecule has 0 aliphatic carbocycles. The van der Waals surface area contributed by atoms with E-state index in [0.717, 1.165) is 11.1 Å². The van der Waals surface area contributed by atoms with E-state index in [4.69, 9.17) is 11.6 Å². The van der Waals surface area contributed by atoms with Crippen molar-refractivity contribution in [1.82, 2.24) is 10.2 Å². The molecule has 0 unspecified atom stereocenters. The second-order valence-corrected chi connectivity index (χ2v) is 9.23. The lowest BCUT2D eigenvalue weighted by molar-refractivity contribution is -0.140. The molecule has 0 spiro atoms. The summed E-state index contributed by atoms with van der Waals surface area (Å²) >= 11 is 6.33. The fourth-order valence-electron chi connectivity index (χ4n) is 3.31. The monoisotopic (exact) mass is 442 g/mol. The molecule has 0 bridgehead atoms. The van der Waals surface area contributed by atoms with E-state index in [1.807, 2.05) is 32.0 Å². The summed E-state index contributed by atoms with van der Waals surface area (Å²) in [6.07, 6.45) is 0.976. The van der Waals surface area contributed by atoms with Crippen LogP contribution in [0.4, 0.5) is 0 Å². The Morgan fingerprint density at radius 2 is 1.61 bits per heavy atom. The maximum atomic E-state index is 13.2. The topological polar surface area (TPSA) is 49.4 Å². The molecular formula is C26H35ClN2O2. The second-order valence-electron chi connectivity index (χ2n) is 8.82. The van der Waals surface area contributed by atoms with Crippen LogP contribution in [0.1, 0.15) is 63.6 Å². The van der Waals surface area contributed by atoms with E-state index < -0.39 is 6.04 Å². The first-order valence-electron chi connectivity index (χ1n) is 11.1. The van der Waals surface area contributed by atoms with E-state index >= 15 is 0 Å². The number of halogens is 1. The van der Waals surface area contributed by atoms with Gasteiger partial charge in [-0.15, -0.1) is 0 Å². The fraction of sp³-hybridized carbons (Fsp3) is 0.462. The molecule has 4 nitrogen and oxygen atoms in total. The van der Waals surface area contributed by atoms with Crippen molar-refractivity contribution in [3.8, 4) is 0 Å². The van der Waals surface area contributed by atoms with Crippen LogP contribution in [-0.4, -0.2) is 29.3 Å². The minimum Gasteiger partial charge on any atom is -0.354 e. The number of aryl methyl sites for hydroxylation is 1. The van der Waals surface area contributed by atoms with Crippen LogP contribution in [0.15, 0.2) is 48.5 Å². The molecular weight excluding hydrogens is 408 g/mol. The lowest BCUT2D eigenvalue weighted by atomic mass is 10.00. The summed E-state index contributed by atoms with van der Waals surface area (Å²) in [7, 11) is 0. The van der Waals surface area contributed by atoms with Crippen molar-refractivity contribution in [2.24, 2.45) is 5.92 Å². The van der Waals surface area contributed by atoms with Gasteiger partial charge in [0, 0.05) is 24.5 Å². The number of carbonyl (C=O) groups is 2. The van der Waals surface area contributed by atoms with Crippen molar-refractivity contribution in [3.05, 3.63) is 70.2 Å². The van der Waals surface area contributed by atoms with Crippen LogP contribution in [0.3, 0.4) is 0 Å². The molecule has 1 N–H and O–H groups in total. The van der Waals surface area contributed by atoms with Gasteiger partial charge in [-0.3, -0.25) is 9.59 Å². The highest BCUT2D eigenvalue weighted by Crippen LogP contribution is 2.20. The number of benzene rings is 2. The van der Waals surface area contributed by atoms with Crippen molar-refractivity contribution in [2.45, 2.75) is 66.0 Å². The van der Waals surface area contributed by atoms with Gasteiger partial charge in [-0.2, -0.15) is 0 Å². The third kappa shape index (κ3) is 7.70. The van der Waals surface area contributed by atoms with E-state index in [-0.39, 0.29) is 11.8 Å². The molecule has 168 valence electrons. The Labute approximate surface area is 192 Å². The molecule has 2 rings (SSSR count). The van der Waals surface area contributed by atoms with Gasteiger partial charge in [0.1, 0.15) is 6.04 Å². The van der Waals surface area contributed by atoms with Gasteiger partial charge in [-0.05, 0) is 47.9 Å². The summed E-state index contributed by atoms with van der Waals surface area (Å²) < 4.78 is 0. The number of nitrogens with zero attached hydrogens (tertiary/aromatic N) is 1. The van der Waals surface area contributed by atoms with Gasteiger partial charge < -0.3 is 10.2 Å². The van der Waals surface area contributed by atoms with Crippen LogP contribution in [-0.2, 0) is 22.6 Å². The minimum atomic E-state index is -0.578. The zero-order valence-corrected chi connectivity index (χ0v) is 20.1. The largest absolute Gasteiger partial charge is 0.354 e. The van der Waals surface area contributed by atoms with Crippen LogP contribution in [0, 0.1) is 5.92 Å². The minimum absolute atomic E-state index is 0.0555. The van der Waals surface area contributed by atoms with Gasteiger partial charge in [-0.1, -0.05) is 81.8 Å². The maximum Gasteiger partial charge on any atom is 0.242 e. The summed E-state index contributed by atoms with van der Waals surface area (Å²) in [5, 5.41) is 3.54. The summed E-state index contributed by atoms with van der Waals surface area (Å²) in [5.74, 6) is 0.625. The quantitative estimate of drug-likeness (QED) is 0.521. The van der Waals surface area contributed by atoms with E-state index in [1.165, 1.54) is 5.56 Å². The molecule has 0 heterocycles. The standard InChI is InChI=1S/C26H35ClN2O2/c1-18(2)16-28-26(31)20(5)29(17-23-8-6-7-9-24(23)27)25(30)15-12-21-10-13-22(14-11-21)19(3)4/h6-11,13-14,18-20H,12,15-17H2,1-5H3,(H,28,31)/t20-/m1/s1. The molecule has 0 aliphatic rings. The Kier molecular flexibility index (Phi) is 9.57. The molecule has 1 atom stereocenters. The van der Waals surface area contributed by atoms with Crippen molar-refractivity contribution >= 4 is 23.4 Å². The molecule has 0 aliphatic heterocycles. The number of carbonyl (C=O) groups excluding carboxylic acids is 2. The molecule has 0 saturated carbocycles. The third-order valence-electron chi connectivity index (χ3n) is 5.42. The predicted molar refractivity (Wildman–Crippen MR) is 128 cm³/mol. The number of amides is 2. The smallest absolute Gasteiger partial charge is 0.242 e. The molecule has 2 amide bonds. The SMILES string of the molecule is CC(C)CNC(=O)[C@@H](C)N(Cc1ccccc1Cl)C(=O)CCc1ccc(C(C)C)cc1. The van der Waals surface area contributed by atoms with Crippen LogP contribution < -0.4 is 5.32 Å². The fourth-order valence-corrected chi connectivity index (χ4v) is 3.50. The summed E-state index contributed by atoms with van der Waals surface area (Å²) in [6, 6.07) is 15.3. The Balaban J connectivity index is 2.12. The third-order valence-corrected chi connectivity index (χ3v) is 5.79. The van der Waals surface area contributed by atoms with Crippen molar-refractivity contribution in [3.63, 3.8) is 0 Å². The van der Waals surface area contributed by atoms with Crippen LogP contribution >= 0.6 is 11.6 Å². The Hall–Kier alpha value is -2.33. The van der Waals surface area contributed by atoms with Gasteiger partial charge in [0.05, 0.1) is 0 Å². The van der Waals surface area contributed by atoms with Crippen LogP contribution in [0.5, 0.6) is 0 Å². The zero-order valence-electron chi connectivity index (χ0n) is 19.3. The first kappa shape index (κ1) is 24.9. The number of hydrogen-bond acceptors (Lipinski definition) is 2. The molecule has 31 heavy (non-hydrogen) atoms. The van der Waals surface area contributed by atoms with Gasteiger partial charge >= 0.3 is 0 Å². The Bertz CT molecular complexity index is 862. The van der Waals surface area contributed by atoms with Gasteiger partial charge in [0.15, 0.2) is 0 Å². The highest BCUT2D eigenvalue weighted by atomic mass is 35.5. The van der Waals surface area contributed by atoms with Gasteiger partial charge in [0.25, 0.3) is 0 Å². The highest BCUT2D eigenvalue weighted by molar-refractivity contribution is 6.31. The van der Waals surface area contributed by atoms with E-state index in [9.17, 15) is 9.59 Å². The highest BCUT2D eigenvalue weighted by Gasteiger charge is 2.26. The van der Waals surface area contributed by atoms with Gasteiger partial charge in [-0.25, -0.2) is 0 Å². The summed E-state index contributed by atoms with van der Waals surface area (Å²) in [4.78, 5) is 27.5. The normalized spacial score (nSPS) is 12.1. The molecule has 0 fully saturated rings. The van der Waals surface area contributed by atoms with Crippen LogP contribution in [0.2, 0.25) is 5.02 Å². The predicted octanol–water partition coefficient (Wildman–Crippen LogP) is 5.59. The summed E-state index contributed by atoms with van der Waals surface area (Å²) in [6.45, 7) is 11.1. The molecule has 0 radical (unpaired) electrons. The van der Waals surface area contributed by atoms with Crippen molar-refractivity contribution in [2.75, 3.05) is 6.54 Å².